The summed E-state index contributed by atoms with van der Waals surface area (Å²) in [6.07, 6.45) is -0.689. The molecule has 0 saturated carbocycles. The van der Waals surface area contributed by atoms with Crippen molar-refractivity contribution in [3.63, 3.8) is 0 Å². The summed E-state index contributed by atoms with van der Waals surface area (Å²) in [5.41, 5.74) is -0.232. The van der Waals surface area contributed by atoms with E-state index in [0.29, 0.717) is 17.6 Å². The standard InChI is InChI=1S/C20H22O7/c1-6-7-14(21)27-20(17(23)11(2)3)16-18-12(8-9-15(22)26-18)10-13(24-4)19(16)25-5/h8-10,20H,2,6-7H2,1,3-5H3. The van der Waals surface area contributed by atoms with Crippen LogP contribution in [0.3, 0.4) is 0 Å². The number of hydrogen-bond donors (Lipinski definition) is 0. The number of carbonyl (C=O) groups excluding carboxylic acids is 2. The third-order valence-corrected chi connectivity index (χ3v) is 3.91. The molecule has 144 valence electrons. The fraction of sp³-hybridized carbons (Fsp3) is 0.350. The van der Waals surface area contributed by atoms with Crippen LogP contribution in [0.5, 0.6) is 11.5 Å². The topological polar surface area (TPSA) is 92.0 Å². The van der Waals surface area contributed by atoms with E-state index in [4.69, 9.17) is 18.6 Å². The largest absolute Gasteiger partial charge is 0.493 e. The summed E-state index contributed by atoms with van der Waals surface area (Å²) < 4.78 is 21.5. The van der Waals surface area contributed by atoms with Crippen LogP contribution in [-0.4, -0.2) is 26.0 Å². The Bertz CT molecular complexity index is 939. The highest BCUT2D eigenvalue weighted by Gasteiger charge is 2.33. The highest BCUT2D eigenvalue weighted by molar-refractivity contribution is 6.02. The number of hydrogen-bond acceptors (Lipinski definition) is 7. The van der Waals surface area contributed by atoms with Crippen LogP contribution in [-0.2, 0) is 14.3 Å². The van der Waals surface area contributed by atoms with E-state index in [1.165, 1.54) is 33.3 Å². The van der Waals surface area contributed by atoms with Gasteiger partial charge in [0.1, 0.15) is 5.58 Å². The van der Waals surface area contributed by atoms with Gasteiger partial charge >= 0.3 is 11.6 Å². The maximum absolute atomic E-state index is 12.8. The maximum atomic E-state index is 12.8. The number of methoxy groups -OCH3 is 2. The van der Waals surface area contributed by atoms with E-state index in [1.54, 1.807) is 6.07 Å². The Balaban J connectivity index is 2.84. The lowest BCUT2D eigenvalue weighted by atomic mass is 9.97. The second kappa shape index (κ2) is 8.53. The lowest BCUT2D eigenvalue weighted by Gasteiger charge is -2.22. The Hall–Kier alpha value is -3.09. The summed E-state index contributed by atoms with van der Waals surface area (Å²) in [6.45, 7) is 6.97. The minimum absolute atomic E-state index is 0.0871. The number of carbonyl (C=O) groups is 2. The molecule has 0 radical (unpaired) electrons. The van der Waals surface area contributed by atoms with Gasteiger partial charge in [0.25, 0.3) is 0 Å². The molecule has 1 atom stereocenters. The van der Waals surface area contributed by atoms with Crippen LogP contribution < -0.4 is 15.1 Å². The number of Topliss-reactive ketones (excluding diaryl/α,β-unsaturated/α-hetero) is 1. The van der Waals surface area contributed by atoms with Crippen LogP contribution in [0.2, 0.25) is 0 Å². The molecule has 1 unspecified atom stereocenters. The Morgan fingerprint density at radius 2 is 1.93 bits per heavy atom. The summed E-state index contributed by atoms with van der Waals surface area (Å²) in [4.78, 5) is 36.7. The zero-order chi connectivity index (χ0) is 20.1. The van der Waals surface area contributed by atoms with Gasteiger partial charge < -0.3 is 18.6 Å². The van der Waals surface area contributed by atoms with Crippen molar-refractivity contribution >= 4 is 22.7 Å². The molecule has 0 bridgehead atoms. The SMILES string of the molecule is C=C(C)C(=O)C(OC(=O)CCC)c1c(OC)c(OC)cc2ccc(=O)oc12. The first kappa shape index (κ1) is 20.2. The molecule has 1 aromatic heterocycles. The second-order valence-electron chi connectivity index (χ2n) is 5.96. The lowest BCUT2D eigenvalue weighted by Crippen LogP contribution is -2.22. The van der Waals surface area contributed by atoms with Crippen LogP contribution in [0, 0.1) is 0 Å². The highest BCUT2D eigenvalue weighted by Crippen LogP contribution is 2.42. The van der Waals surface area contributed by atoms with E-state index in [-0.39, 0.29) is 28.9 Å². The second-order valence-corrected chi connectivity index (χ2v) is 5.96. The Kier molecular flexibility index (Phi) is 6.39. The van der Waals surface area contributed by atoms with Crippen molar-refractivity contribution in [2.75, 3.05) is 14.2 Å². The lowest BCUT2D eigenvalue weighted by molar-refractivity contribution is -0.154. The van der Waals surface area contributed by atoms with Gasteiger partial charge in [0.05, 0.1) is 19.8 Å². The molecule has 2 rings (SSSR count). The summed E-state index contributed by atoms with van der Waals surface area (Å²) in [7, 11) is 2.82. The van der Waals surface area contributed by atoms with Crippen molar-refractivity contribution in [2.45, 2.75) is 32.8 Å². The monoisotopic (exact) mass is 374 g/mol. The first-order chi connectivity index (χ1) is 12.8. The molecule has 1 heterocycles. The number of esters is 1. The van der Waals surface area contributed by atoms with Gasteiger partial charge in [-0.25, -0.2) is 4.79 Å². The summed E-state index contributed by atoms with van der Waals surface area (Å²) in [6, 6.07) is 4.39. The molecule has 7 heteroatoms. The highest BCUT2D eigenvalue weighted by atomic mass is 16.6. The van der Waals surface area contributed by atoms with Gasteiger partial charge in [0, 0.05) is 17.9 Å². The Morgan fingerprint density at radius 1 is 1.22 bits per heavy atom. The molecular weight excluding hydrogens is 352 g/mol. The maximum Gasteiger partial charge on any atom is 0.336 e. The fourth-order valence-electron chi connectivity index (χ4n) is 2.66. The van der Waals surface area contributed by atoms with Crippen LogP contribution in [0.15, 0.2) is 39.6 Å². The van der Waals surface area contributed by atoms with Gasteiger partial charge in [-0.15, -0.1) is 0 Å². The average molecular weight is 374 g/mol. The van der Waals surface area contributed by atoms with Crippen LogP contribution in [0.1, 0.15) is 38.4 Å². The van der Waals surface area contributed by atoms with Crippen molar-refractivity contribution in [1.29, 1.82) is 0 Å². The molecule has 0 N–H and O–H groups in total. The van der Waals surface area contributed by atoms with Crippen molar-refractivity contribution in [2.24, 2.45) is 0 Å². The minimum atomic E-state index is -1.38. The van der Waals surface area contributed by atoms with Crippen molar-refractivity contribution in [1.82, 2.24) is 0 Å². The molecule has 0 aliphatic heterocycles. The zero-order valence-corrected chi connectivity index (χ0v) is 15.8. The van der Waals surface area contributed by atoms with Gasteiger partial charge in [0.15, 0.2) is 17.6 Å². The smallest absolute Gasteiger partial charge is 0.336 e. The average Bonchev–Trinajstić information content (AvgIpc) is 2.64. The van der Waals surface area contributed by atoms with E-state index >= 15 is 0 Å². The molecule has 0 fully saturated rings. The van der Waals surface area contributed by atoms with Crippen LogP contribution in [0.4, 0.5) is 0 Å². The number of ether oxygens (including phenoxy) is 3. The first-order valence-corrected chi connectivity index (χ1v) is 8.41. The molecule has 0 aliphatic carbocycles. The predicted molar refractivity (Wildman–Crippen MR) is 99.2 cm³/mol. The van der Waals surface area contributed by atoms with Gasteiger partial charge in [-0.3, -0.25) is 9.59 Å². The molecular formula is C20H22O7. The van der Waals surface area contributed by atoms with Crippen LogP contribution >= 0.6 is 0 Å². The fourth-order valence-corrected chi connectivity index (χ4v) is 2.66. The number of ketones is 1. The zero-order valence-electron chi connectivity index (χ0n) is 15.8. The number of rotatable bonds is 8. The van der Waals surface area contributed by atoms with E-state index in [2.05, 4.69) is 6.58 Å². The van der Waals surface area contributed by atoms with Gasteiger partial charge in [-0.05, 0) is 31.1 Å². The predicted octanol–water partition coefficient (Wildman–Crippen LogP) is 3.34. The van der Waals surface area contributed by atoms with Gasteiger partial charge in [0.2, 0.25) is 5.78 Å². The molecule has 2 aromatic rings. The van der Waals surface area contributed by atoms with E-state index in [0.717, 1.165) is 0 Å². The summed E-state index contributed by atoms with van der Waals surface area (Å²) in [5.74, 6) is -0.643. The van der Waals surface area contributed by atoms with Crippen molar-refractivity contribution in [3.8, 4) is 11.5 Å². The molecule has 27 heavy (non-hydrogen) atoms. The van der Waals surface area contributed by atoms with Crippen LogP contribution in [0.25, 0.3) is 11.0 Å². The van der Waals surface area contributed by atoms with Gasteiger partial charge in [-0.1, -0.05) is 13.5 Å². The molecule has 1 aromatic carbocycles. The summed E-state index contributed by atoms with van der Waals surface area (Å²) >= 11 is 0. The third-order valence-electron chi connectivity index (χ3n) is 3.91. The van der Waals surface area contributed by atoms with Crippen molar-refractivity contribution < 1.29 is 28.2 Å². The minimum Gasteiger partial charge on any atom is -0.493 e. The first-order valence-electron chi connectivity index (χ1n) is 8.41. The molecule has 7 nitrogen and oxygen atoms in total. The molecule has 0 spiro atoms. The Morgan fingerprint density at radius 3 is 2.48 bits per heavy atom. The number of fused-ring (bicyclic) bond motifs is 1. The van der Waals surface area contributed by atoms with E-state index < -0.39 is 23.5 Å². The third kappa shape index (κ3) is 4.19. The quantitative estimate of drug-likeness (QED) is 0.397. The van der Waals surface area contributed by atoms with E-state index in [9.17, 15) is 14.4 Å². The van der Waals surface area contributed by atoms with Gasteiger partial charge in [-0.2, -0.15) is 0 Å². The normalized spacial score (nSPS) is 11.7. The van der Waals surface area contributed by atoms with E-state index in [1.807, 2.05) is 6.92 Å². The summed E-state index contributed by atoms with van der Waals surface area (Å²) in [5, 5.41) is 0.494. The molecule has 0 amide bonds. The Labute approximate surface area is 156 Å². The molecule has 0 saturated heterocycles. The molecule has 0 aliphatic rings. The van der Waals surface area contributed by atoms with Crippen molar-refractivity contribution in [3.05, 3.63) is 46.3 Å². The number of benzene rings is 1.